The average molecular weight is 447 g/mol. The van der Waals surface area contributed by atoms with Gasteiger partial charge in [-0.2, -0.15) is 0 Å². The van der Waals surface area contributed by atoms with Crippen molar-refractivity contribution >= 4 is 33.6 Å². The molecule has 1 aliphatic heterocycles. The first-order valence-corrected chi connectivity index (χ1v) is 10.6. The summed E-state index contributed by atoms with van der Waals surface area (Å²) in [6, 6.07) is 13.4. The van der Waals surface area contributed by atoms with Crippen LogP contribution < -0.4 is 10.5 Å². The van der Waals surface area contributed by atoms with Crippen molar-refractivity contribution in [3.8, 4) is 16.9 Å². The summed E-state index contributed by atoms with van der Waals surface area (Å²) in [4.78, 5) is 30.1. The molecule has 0 radical (unpaired) electrons. The number of hydrogen-bond acceptors (Lipinski definition) is 4. The van der Waals surface area contributed by atoms with E-state index in [0.717, 1.165) is 0 Å². The Morgan fingerprint density at radius 3 is 2.48 bits per heavy atom. The predicted octanol–water partition coefficient (Wildman–Crippen LogP) is 3.71. The number of nitrogens with zero attached hydrogens (tertiary/aromatic N) is 1. The fraction of sp³-hybridized carbons (Fsp3) is 0.200. The van der Waals surface area contributed by atoms with E-state index in [-0.39, 0.29) is 22.4 Å². The van der Waals surface area contributed by atoms with Crippen LogP contribution in [0.1, 0.15) is 20.7 Å². The highest BCUT2D eigenvalue weighted by Crippen LogP contribution is 2.37. The standard InChI is InChI=1S/C25H22FN3O4/c1-32-16-5-2-14(3-6-16)17-13-19(24(27)30)23-21(22(17)26)18-12-15(4-7-20(18)28-23)25(31)29-8-10-33-11-9-29/h2-7,12-13,28H,8-11H2,1H3,(H2,27,30). The fourth-order valence-electron chi connectivity index (χ4n) is 4.29. The molecule has 1 aliphatic rings. The van der Waals surface area contributed by atoms with Gasteiger partial charge in [0.25, 0.3) is 11.8 Å². The number of aromatic amines is 1. The first kappa shape index (κ1) is 21.0. The zero-order valence-corrected chi connectivity index (χ0v) is 18.0. The number of halogens is 1. The summed E-state index contributed by atoms with van der Waals surface area (Å²) in [5.74, 6) is -0.682. The van der Waals surface area contributed by atoms with Crippen molar-refractivity contribution in [3.05, 3.63) is 65.5 Å². The summed E-state index contributed by atoms with van der Waals surface area (Å²) in [5.41, 5.74) is 8.00. The predicted molar refractivity (Wildman–Crippen MR) is 123 cm³/mol. The Labute approximate surface area is 188 Å². The van der Waals surface area contributed by atoms with Crippen LogP contribution in [0.4, 0.5) is 4.39 Å². The number of morpholine rings is 1. The van der Waals surface area contributed by atoms with E-state index in [0.29, 0.717) is 59.6 Å². The number of carbonyl (C=O) groups excluding carboxylic acids is 2. The minimum absolute atomic E-state index is 0.142. The number of aromatic nitrogens is 1. The van der Waals surface area contributed by atoms with Gasteiger partial charge in [0.15, 0.2) is 0 Å². The van der Waals surface area contributed by atoms with Crippen molar-refractivity contribution in [2.45, 2.75) is 0 Å². The number of carbonyl (C=O) groups is 2. The van der Waals surface area contributed by atoms with Gasteiger partial charge in [-0.05, 0) is 42.0 Å². The van der Waals surface area contributed by atoms with Crippen molar-refractivity contribution in [2.24, 2.45) is 5.73 Å². The molecule has 33 heavy (non-hydrogen) atoms. The number of fused-ring (bicyclic) bond motifs is 3. The first-order valence-electron chi connectivity index (χ1n) is 10.6. The molecule has 0 saturated carbocycles. The summed E-state index contributed by atoms with van der Waals surface area (Å²) in [6.45, 7) is 1.99. The zero-order valence-electron chi connectivity index (χ0n) is 18.0. The lowest BCUT2D eigenvalue weighted by atomic mass is 9.97. The van der Waals surface area contributed by atoms with Crippen LogP contribution in [0.3, 0.4) is 0 Å². The largest absolute Gasteiger partial charge is 0.497 e. The van der Waals surface area contributed by atoms with Gasteiger partial charge in [0.1, 0.15) is 11.6 Å². The number of hydrogen-bond donors (Lipinski definition) is 2. The molecule has 0 atom stereocenters. The van der Waals surface area contributed by atoms with Crippen LogP contribution in [-0.4, -0.2) is 55.1 Å². The maximum absolute atomic E-state index is 15.9. The molecular weight excluding hydrogens is 425 g/mol. The van der Waals surface area contributed by atoms with Crippen LogP contribution >= 0.6 is 0 Å². The third-order valence-corrected chi connectivity index (χ3v) is 6.02. The number of nitrogens with one attached hydrogen (secondary N) is 1. The molecule has 0 unspecified atom stereocenters. The van der Waals surface area contributed by atoms with Crippen molar-refractivity contribution in [1.82, 2.24) is 9.88 Å². The van der Waals surface area contributed by atoms with Gasteiger partial charge in [0.05, 0.1) is 31.4 Å². The molecular formula is C25H22FN3O4. The summed E-state index contributed by atoms with van der Waals surface area (Å²) in [6.07, 6.45) is 0. The minimum atomic E-state index is -0.675. The van der Waals surface area contributed by atoms with Gasteiger partial charge < -0.3 is 25.1 Å². The summed E-state index contributed by atoms with van der Waals surface area (Å²) < 4.78 is 26.4. The van der Waals surface area contributed by atoms with Crippen LogP contribution in [0.15, 0.2) is 48.5 Å². The molecule has 2 heterocycles. The molecule has 0 spiro atoms. The quantitative estimate of drug-likeness (QED) is 0.498. The number of benzene rings is 3. The van der Waals surface area contributed by atoms with E-state index in [2.05, 4.69) is 4.98 Å². The van der Waals surface area contributed by atoms with Crippen LogP contribution in [0.5, 0.6) is 5.75 Å². The zero-order chi connectivity index (χ0) is 23.1. The number of H-pyrrole nitrogens is 1. The van der Waals surface area contributed by atoms with E-state index >= 15 is 4.39 Å². The normalized spacial score (nSPS) is 14.1. The van der Waals surface area contributed by atoms with E-state index in [9.17, 15) is 9.59 Å². The molecule has 8 heteroatoms. The van der Waals surface area contributed by atoms with Crippen LogP contribution in [0.2, 0.25) is 0 Å². The monoisotopic (exact) mass is 447 g/mol. The second-order valence-corrected chi connectivity index (χ2v) is 7.92. The number of rotatable bonds is 4. The van der Waals surface area contributed by atoms with Gasteiger partial charge in [0.2, 0.25) is 0 Å². The van der Waals surface area contributed by atoms with E-state index in [4.69, 9.17) is 15.2 Å². The van der Waals surface area contributed by atoms with Crippen LogP contribution in [0.25, 0.3) is 32.9 Å². The van der Waals surface area contributed by atoms with Gasteiger partial charge in [-0.15, -0.1) is 0 Å². The molecule has 0 aliphatic carbocycles. The molecule has 1 aromatic heterocycles. The van der Waals surface area contributed by atoms with Gasteiger partial charge in [0, 0.05) is 40.5 Å². The van der Waals surface area contributed by atoms with Gasteiger partial charge in [-0.3, -0.25) is 9.59 Å². The van der Waals surface area contributed by atoms with Gasteiger partial charge in [-0.1, -0.05) is 12.1 Å². The van der Waals surface area contributed by atoms with Crippen molar-refractivity contribution in [3.63, 3.8) is 0 Å². The molecule has 1 fully saturated rings. The lowest BCUT2D eigenvalue weighted by molar-refractivity contribution is 0.0303. The van der Waals surface area contributed by atoms with Crippen molar-refractivity contribution < 1.29 is 23.5 Å². The minimum Gasteiger partial charge on any atom is -0.497 e. The van der Waals surface area contributed by atoms with Gasteiger partial charge in [-0.25, -0.2) is 4.39 Å². The molecule has 7 nitrogen and oxygen atoms in total. The summed E-state index contributed by atoms with van der Waals surface area (Å²) in [7, 11) is 1.55. The molecule has 4 aromatic rings. The Morgan fingerprint density at radius 1 is 1.09 bits per heavy atom. The number of methoxy groups -OCH3 is 1. The highest BCUT2D eigenvalue weighted by Gasteiger charge is 2.23. The maximum Gasteiger partial charge on any atom is 0.254 e. The maximum atomic E-state index is 15.9. The summed E-state index contributed by atoms with van der Waals surface area (Å²) in [5, 5.41) is 0.739. The average Bonchev–Trinajstić information content (AvgIpc) is 3.23. The highest BCUT2D eigenvalue weighted by atomic mass is 19.1. The van der Waals surface area contributed by atoms with Crippen molar-refractivity contribution in [1.29, 1.82) is 0 Å². The molecule has 1 saturated heterocycles. The smallest absolute Gasteiger partial charge is 0.254 e. The summed E-state index contributed by atoms with van der Waals surface area (Å²) >= 11 is 0. The number of amides is 2. The first-order chi connectivity index (χ1) is 16.0. The lowest BCUT2D eigenvalue weighted by Gasteiger charge is -2.26. The molecule has 3 aromatic carbocycles. The number of ether oxygens (including phenoxy) is 2. The number of nitrogens with two attached hydrogens (primary N) is 1. The highest BCUT2D eigenvalue weighted by molar-refractivity contribution is 6.17. The Balaban J connectivity index is 1.71. The van der Waals surface area contributed by atoms with E-state index in [1.165, 1.54) is 6.07 Å². The van der Waals surface area contributed by atoms with E-state index < -0.39 is 11.7 Å². The molecule has 168 valence electrons. The van der Waals surface area contributed by atoms with E-state index in [1.54, 1.807) is 54.5 Å². The molecule has 5 rings (SSSR count). The lowest BCUT2D eigenvalue weighted by Crippen LogP contribution is -2.40. The fourth-order valence-corrected chi connectivity index (χ4v) is 4.29. The Kier molecular flexibility index (Phi) is 5.22. The Bertz CT molecular complexity index is 1390. The molecule has 2 amide bonds. The third-order valence-electron chi connectivity index (χ3n) is 6.02. The number of primary amides is 1. The second-order valence-electron chi connectivity index (χ2n) is 7.92. The van der Waals surface area contributed by atoms with Crippen molar-refractivity contribution in [2.75, 3.05) is 33.4 Å². The molecule has 0 bridgehead atoms. The topological polar surface area (TPSA) is 97.7 Å². The van der Waals surface area contributed by atoms with Crippen LogP contribution in [-0.2, 0) is 4.74 Å². The molecule has 3 N–H and O–H groups in total. The van der Waals surface area contributed by atoms with Crippen LogP contribution in [0, 0.1) is 5.82 Å². The Hall–Kier alpha value is -3.91. The SMILES string of the molecule is COc1ccc(-c2cc(C(N)=O)c3[nH]c4ccc(C(=O)N5CCOCC5)cc4c3c2F)cc1. The van der Waals surface area contributed by atoms with E-state index in [1.807, 2.05) is 0 Å². The van der Waals surface area contributed by atoms with Gasteiger partial charge >= 0.3 is 0 Å². The third kappa shape index (κ3) is 3.58. The Morgan fingerprint density at radius 2 is 1.82 bits per heavy atom. The second kappa shape index (κ2) is 8.22.